The normalized spacial score (nSPS) is 34.1. The van der Waals surface area contributed by atoms with E-state index in [9.17, 15) is 4.39 Å². The first kappa shape index (κ1) is 9.27. The molecular formula is C8H15ClFN. The maximum Gasteiger partial charge on any atom is 0.0926 e. The van der Waals surface area contributed by atoms with Crippen LogP contribution in [0.2, 0.25) is 0 Å². The van der Waals surface area contributed by atoms with Crippen molar-refractivity contribution in [1.29, 1.82) is 0 Å². The van der Waals surface area contributed by atoms with Gasteiger partial charge in [0.1, 0.15) is 0 Å². The molecular weight excluding hydrogens is 165 g/mol. The number of likely N-dealkylation sites (tertiary alicyclic amines) is 1. The van der Waals surface area contributed by atoms with Gasteiger partial charge in [0, 0.05) is 12.4 Å². The Hall–Kier alpha value is 0.180. The smallest absolute Gasteiger partial charge is 0.0926 e. The monoisotopic (exact) mass is 179 g/mol. The third-order valence-corrected chi connectivity index (χ3v) is 2.89. The summed E-state index contributed by atoms with van der Waals surface area (Å²) in [5, 5.41) is 0. The molecule has 0 bridgehead atoms. The fourth-order valence-electron chi connectivity index (χ4n) is 1.64. The minimum Gasteiger partial charge on any atom is -0.306 e. The van der Waals surface area contributed by atoms with E-state index in [4.69, 9.17) is 11.6 Å². The van der Waals surface area contributed by atoms with Crippen molar-refractivity contribution in [2.45, 2.75) is 6.42 Å². The molecule has 1 aliphatic heterocycles. The van der Waals surface area contributed by atoms with Gasteiger partial charge in [0.15, 0.2) is 0 Å². The van der Waals surface area contributed by atoms with E-state index >= 15 is 0 Å². The van der Waals surface area contributed by atoms with Crippen LogP contribution in [0.1, 0.15) is 6.42 Å². The summed E-state index contributed by atoms with van der Waals surface area (Å²) < 4.78 is 12.4. The van der Waals surface area contributed by atoms with E-state index in [2.05, 4.69) is 11.9 Å². The number of halogens is 2. The molecule has 0 aromatic carbocycles. The van der Waals surface area contributed by atoms with Gasteiger partial charge >= 0.3 is 0 Å². The topological polar surface area (TPSA) is 3.24 Å². The van der Waals surface area contributed by atoms with Gasteiger partial charge in [-0.25, -0.2) is 0 Å². The Labute approximate surface area is 72.5 Å². The van der Waals surface area contributed by atoms with Crippen molar-refractivity contribution in [2.24, 2.45) is 11.8 Å². The van der Waals surface area contributed by atoms with Crippen LogP contribution in [-0.4, -0.2) is 37.6 Å². The molecule has 2 atom stereocenters. The first-order valence-electron chi connectivity index (χ1n) is 4.08. The molecule has 1 fully saturated rings. The fraction of sp³-hybridized carbons (Fsp3) is 1.00. The van der Waals surface area contributed by atoms with Gasteiger partial charge in [0.25, 0.3) is 0 Å². The van der Waals surface area contributed by atoms with Crippen molar-refractivity contribution in [2.75, 3.05) is 32.7 Å². The Morgan fingerprint density at radius 2 is 2.27 bits per heavy atom. The van der Waals surface area contributed by atoms with E-state index in [1.165, 1.54) is 0 Å². The molecule has 0 aliphatic carbocycles. The molecule has 0 N–H and O–H groups in total. The maximum absolute atomic E-state index is 12.4. The van der Waals surface area contributed by atoms with Crippen LogP contribution in [-0.2, 0) is 0 Å². The van der Waals surface area contributed by atoms with Gasteiger partial charge < -0.3 is 4.90 Å². The lowest BCUT2D eigenvalue weighted by molar-refractivity contribution is 0.134. The molecule has 0 amide bonds. The third-order valence-electron chi connectivity index (χ3n) is 2.49. The van der Waals surface area contributed by atoms with Gasteiger partial charge in [0.05, 0.1) is 6.67 Å². The molecule has 1 saturated heterocycles. The average molecular weight is 180 g/mol. The van der Waals surface area contributed by atoms with Crippen LogP contribution in [0.3, 0.4) is 0 Å². The van der Waals surface area contributed by atoms with E-state index < -0.39 is 0 Å². The summed E-state index contributed by atoms with van der Waals surface area (Å²) >= 11 is 5.73. The van der Waals surface area contributed by atoms with Crippen molar-refractivity contribution < 1.29 is 4.39 Å². The van der Waals surface area contributed by atoms with Crippen LogP contribution in [0.25, 0.3) is 0 Å². The highest BCUT2D eigenvalue weighted by Gasteiger charge is 2.26. The van der Waals surface area contributed by atoms with Crippen LogP contribution in [0.15, 0.2) is 0 Å². The quantitative estimate of drug-likeness (QED) is 0.584. The van der Waals surface area contributed by atoms with Crippen molar-refractivity contribution in [3.8, 4) is 0 Å². The molecule has 0 aromatic rings. The van der Waals surface area contributed by atoms with Crippen molar-refractivity contribution in [3.05, 3.63) is 0 Å². The SMILES string of the molecule is CN1CCC(CF)C(CCl)C1. The molecule has 0 aromatic heterocycles. The first-order chi connectivity index (χ1) is 5.27. The van der Waals surface area contributed by atoms with Gasteiger partial charge in [-0.05, 0) is 31.8 Å². The number of piperidine rings is 1. The Morgan fingerprint density at radius 3 is 2.82 bits per heavy atom. The average Bonchev–Trinajstić information content (AvgIpc) is 2.04. The second-order valence-electron chi connectivity index (χ2n) is 3.38. The number of hydrogen-bond donors (Lipinski definition) is 0. The summed E-state index contributed by atoms with van der Waals surface area (Å²) in [6.07, 6.45) is 0.963. The summed E-state index contributed by atoms with van der Waals surface area (Å²) in [4.78, 5) is 2.22. The zero-order valence-corrected chi connectivity index (χ0v) is 7.65. The number of alkyl halides is 2. The molecule has 0 radical (unpaired) electrons. The summed E-state index contributed by atoms with van der Waals surface area (Å²) in [5.74, 6) is 1.17. The zero-order valence-electron chi connectivity index (χ0n) is 6.89. The molecule has 1 heterocycles. The van der Waals surface area contributed by atoms with Gasteiger partial charge in [-0.3, -0.25) is 4.39 Å². The molecule has 3 heteroatoms. The summed E-state index contributed by atoms with van der Waals surface area (Å²) in [7, 11) is 2.06. The fourth-order valence-corrected chi connectivity index (χ4v) is 1.99. The first-order valence-corrected chi connectivity index (χ1v) is 4.62. The number of rotatable bonds is 2. The lowest BCUT2D eigenvalue weighted by atomic mass is 9.88. The Balaban J connectivity index is 2.41. The Morgan fingerprint density at radius 1 is 1.55 bits per heavy atom. The van der Waals surface area contributed by atoms with Gasteiger partial charge in [-0.1, -0.05) is 0 Å². The largest absolute Gasteiger partial charge is 0.306 e. The minimum absolute atomic E-state index is 0.203. The van der Waals surface area contributed by atoms with Crippen LogP contribution in [0.5, 0.6) is 0 Å². The minimum atomic E-state index is -0.203. The van der Waals surface area contributed by atoms with Crippen molar-refractivity contribution in [3.63, 3.8) is 0 Å². The van der Waals surface area contributed by atoms with Crippen LogP contribution in [0, 0.1) is 11.8 Å². The van der Waals surface area contributed by atoms with Crippen LogP contribution < -0.4 is 0 Å². The summed E-state index contributed by atoms with van der Waals surface area (Å²) in [6, 6.07) is 0. The second kappa shape index (κ2) is 4.27. The lowest BCUT2D eigenvalue weighted by Crippen LogP contribution is -2.39. The predicted molar refractivity (Wildman–Crippen MR) is 45.8 cm³/mol. The van der Waals surface area contributed by atoms with Crippen LogP contribution in [0.4, 0.5) is 4.39 Å². The van der Waals surface area contributed by atoms with Crippen LogP contribution >= 0.6 is 11.6 Å². The highest BCUT2D eigenvalue weighted by Crippen LogP contribution is 2.24. The summed E-state index contributed by atoms with van der Waals surface area (Å²) in [6.45, 7) is 1.77. The van der Waals surface area contributed by atoms with Crippen molar-refractivity contribution in [1.82, 2.24) is 4.90 Å². The molecule has 11 heavy (non-hydrogen) atoms. The Bertz CT molecular complexity index is 121. The van der Waals surface area contributed by atoms with Gasteiger partial charge in [-0.15, -0.1) is 11.6 Å². The third kappa shape index (κ3) is 2.31. The lowest BCUT2D eigenvalue weighted by Gasteiger charge is -2.34. The Kier molecular flexibility index (Phi) is 3.60. The van der Waals surface area contributed by atoms with Gasteiger partial charge in [-0.2, -0.15) is 0 Å². The number of nitrogens with zero attached hydrogens (tertiary/aromatic N) is 1. The second-order valence-corrected chi connectivity index (χ2v) is 3.69. The summed E-state index contributed by atoms with van der Waals surface area (Å²) in [5.41, 5.74) is 0. The van der Waals surface area contributed by atoms with E-state index in [0.29, 0.717) is 11.8 Å². The molecule has 0 saturated carbocycles. The standard InChI is InChI=1S/C8H15ClFN/c1-11-3-2-7(5-10)8(4-9)6-11/h7-8H,2-6H2,1H3. The number of hydrogen-bond acceptors (Lipinski definition) is 1. The van der Waals surface area contributed by atoms with E-state index in [1.807, 2.05) is 0 Å². The van der Waals surface area contributed by atoms with E-state index in [-0.39, 0.29) is 12.6 Å². The predicted octanol–water partition coefficient (Wildman–Crippen LogP) is 1.76. The molecule has 0 spiro atoms. The highest BCUT2D eigenvalue weighted by atomic mass is 35.5. The zero-order chi connectivity index (χ0) is 8.27. The molecule has 1 rings (SSSR count). The maximum atomic E-state index is 12.4. The van der Waals surface area contributed by atoms with Gasteiger partial charge in [0.2, 0.25) is 0 Å². The van der Waals surface area contributed by atoms with Crippen molar-refractivity contribution >= 4 is 11.6 Å². The molecule has 1 nitrogen and oxygen atoms in total. The highest BCUT2D eigenvalue weighted by molar-refractivity contribution is 6.18. The molecule has 66 valence electrons. The molecule has 2 unspecified atom stereocenters. The van der Waals surface area contributed by atoms with E-state index in [1.54, 1.807) is 0 Å². The molecule has 1 aliphatic rings. The van der Waals surface area contributed by atoms with E-state index in [0.717, 1.165) is 19.5 Å².